The van der Waals surface area contributed by atoms with Crippen LogP contribution in [0.25, 0.3) is 88.4 Å². The van der Waals surface area contributed by atoms with Crippen LogP contribution in [-0.2, 0) is 0 Å². The number of benzene rings is 11. The second kappa shape index (κ2) is 16.6. The van der Waals surface area contributed by atoms with Gasteiger partial charge in [0.1, 0.15) is 22.3 Å². The van der Waals surface area contributed by atoms with E-state index >= 15 is 0 Å². The molecule has 2 aliphatic heterocycles. The van der Waals surface area contributed by atoms with Gasteiger partial charge in [-0.3, -0.25) is 0 Å². The molecule has 348 valence electrons. The average molecular weight is 947 g/mol. The molecule has 0 aliphatic carbocycles. The third-order valence-electron chi connectivity index (χ3n) is 15.6. The van der Waals surface area contributed by atoms with Crippen molar-refractivity contribution in [2.75, 3.05) is 9.80 Å². The predicted molar refractivity (Wildman–Crippen MR) is 311 cm³/mol. The lowest BCUT2D eigenvalue weighted by Gasteiger charge is -2.45. The Hall–Kier alpha value is -9.32. The van der Waals surface area contributed by atoms with Gasteiger partial charge in [-0.05, 0) is 134 Å². The molecule has 15 rings (SSSR count). The minimum absolute atomic E-state index is 0.193. The van der Waals surface area contributed by atoms with Crippen LogP contribution in [0.2, 0.25) is 0 Å². The van der Waals surface area contributed by atoms with Crippen molar-refractivity contribution in [3.63, 3.8) is 0 Å². The molecule has 2 aliphatic rings. The number of para-hydroxylation sites is 2. The number of anilines is 6. The molecule has 11 aromatic carbocycles. The summed E-state index contributed by atoms with van der Waals surface area (Å²) in [6.45, 7) is 4.45. The molecule has 5 heteroatoms. The fraction of sp³-hybridized carbons (Fsp3) is 0.0435. The van der Waals surface area contributed by atoms with Crippen LogP contribution in [0.15, 0.2) is 251 Å². The molecule has 0 spiro atoms. The van der Waals surface area contributed by atoms with Crippen LogP contribution in [0, 0.1) is 0 Å². The highest BCUT2D eigenvalue weighted by Crippen LogP contribution is 2.51. The third kappa shape index (κ3) is 6.56. The monoisotopic (exact) mass is 946 g/mol. The zero-order valence-corrected chi connectivity index (χ0v) is 41.0. The highest BCUT2D eigenvalue weighted by Gasteiger charge is 2.45. The van der Waals surface area contributed by atoms with Crippen molar-refractivity contribution >= 4 is 101 Å². The van der Waals surface area contributed by atoms with Gasteiger partial charge in [0.15, 0.2) is 0 Å². The summed E-state index contributed by atoms with van der Waals surface area (Å²) in [5, 5.41) is 4.38. The summed E-state index contributed by atoms with van der Waals surface area (Å²) in [5.41, 5.74) is 24.4. The molecule has 4 heterocycles. The molecular formula is C69H47BN2O2. The Morgan fingerprint density at radius 2 is 0.703 bits per heavy atom. The number of hydrogen-bond donors (Lipinski definition) is 0. The first-order valence-electron chi connectivity index (χ1n) is 25.7. The van der Waals surface area contributed by atoms with Crippen LogP contribution in [0.1, 0.15) is 25.3 Å². The molecule has 0 amide bonds. The molecule has 0 radical (unpaired) electrons. The highest BCUT2D eigenvalue weighted by atomic mass is 16.3. The van der Waals surface area contributed by atoms with E-state index in [2.05, 4.69) is 266 Å². The zero-order valence-electron chi connectivity index (χ0n) is 41.0. The van der Waals surface area contributed by atoms with Gasteiger partial charge in [0.2, 0.25) is 0 Å². The third-order valence-corrected chi connectivity index (χ3v) is 15.6. The van der Waals surface area contributed by atoms with E-state index < -0.39 is 0 Å². The Morgan fingerprint density at radius 1 is 0.311 bits per heavy atom. The molecule has 74 heavy (non-hydrogen) atoms. The standard InChI is InChI=1S/C69H47BN2O2/c1-43(2)50-37-63-69-64(38-50)72(60-34-32-49(45-21-9-4-10-22-45)36-54(60)47-25-13-6-14-26-47)62-40-56-52-28-16-18-30-66(52)74-68(56)42-58(62)70(69)57-41-67-55(51-27-15-17-29-65(51)73-67)39-61(57)71(63)59-33-31-48(44-19-7-3-8-20-44)35-53(59)46-23-11-5-12-24-46/h3-43H,1-2H3. The van der Waals surface area contributed by atoms with E-state index in [-0.39, 0.29) is 12.6 Å². The van der Waals surface area contributed by atoms with Crippen molar-refractivity contribution in [1.29, 1.82) is 0 Å². The van der Waals surface area contributed by atoms with Crippen molar-refractivity contribution in [3.8, 4) is 44.5 Å². The molecule has 2 aromatic heterocycles. The van der Waals surface area contributed by atoms with Gasteiger partial charge in [-0.2, -0.15) is 0 Å². The first kappa shape index (κ1) is 42.4. The number of fused-ring (bicyclic) bond motifs is 10. The number of nitrogens with zero attached hydrogens (tertiary/aromatic N) is 2. The van der Waals surface area contributed by atoms with E-state index in [4.69, 9.17) is 8.83 Å². The number of rotatable bonds is 7. The zero-order chi connectivity index (χ0) is 49.0. The Morgan fingerprint density at radius 3 is 1.12 bits per heavy atom. The second-order valence-electron chi connectivity index (χ2n) is 20.2. The van der Waals surface area contributed by atoms with E-state index in [1.165, 1.54) is 44.2 Å². The van der Waals surface area contributed by atoms with Gasteiger partial charge in [0.25, 0.3) is 6.71 Å². The minimum atomic E-state index is -0.193. The van der Waals surface area contributed by atoms with Gasteiger partial charge in [-0.15, -0.1) is 0 Å². The van der Waals surface area contributed by atoms with Crippen molar-refractivity contribution in [2.45, 2.75) is 19.8 Å². The summed E-state index contributed by atoms with van der Waals surface area (Å²) >= 11 is 0. The summed E-state index contributed by atoms with van der Waals surface area (Å²) in [6, 6.07) is 88.7. The van der Waals surface area contributed by atoms with Crippen LogP contribution >= 0.6 is 0 Å². The second-order valence-corrected chi connectivity index (χ2v) is 20.2. The Bertz CT molecular complexity index is 4080. The number of hydrogen-bond acceptors (Lipinski definition) is 4. The molecule has 0 fully saturated rings. The molecule has 0 atom stereocenters. The van der Waals surface area contributed by atoms with E-state index in [0.29, 0.717) is 0 Å². The van der Waals surface area contributed by atoms with Gasteiger partial charge in [0, 0.05) is 55.4 Å². The fourth-order valence-electron chi connectivity index (χ4n) is 12.1. The largest absolute Gasteiger partial charge is 0.456 e. The SMILES string of the molecule is CC(C)c1cc2c3c(c1)N(c1ccc(-c4ccccc4)cc1-c1ccccc1)c1cc4c(cc1B3c1cc3oc5ccccc5c3cc1N2c1ccc(-c2ccccc2)cc1-c1ccccc1)oc1ccccc14. The van der Waals surface area contributed by atoms with Crippen LogP contribution in [0.4, 0.5) is 34.1 Å². The van der Waals surface area contributed by atoms with E-state index in [1.54, 1.807) is 0 Å². The molecular weight excluding hydrogens is 900 g/mol. The molecule has 0 unspecified atom stereocenters. The van der Waals surface area contributed by atoms with Gasteiger partial charge in [0.05, 0.1) is 11.4 Å². The molecule has 13 aromatic rings. The Kier molecular flexibility index (Phi) is 9.52. The van der Waals surface area contributed by atoms with Gasteiger partial charge >= 0.3 is 0 Å². The first-order chi connectivity index (χ1) is 36.5. The fourth-order valence-corrected chi connectivity index (χ4v) is 12.1. The van der Waals surface area contributed by atoms with E-state index in [9.17, 15) is 0 Å². The van der Waals surface area contributed by atoms with Crippen molar-refractivity contribution in [1.82, 2.24) is 0 Å². The smallest absolute Gasteiger partial charge is 0.252 e. The lowest BCUT2D eigenvalue weighted by Crippen LogP contribution is -2.61. The molecule has 0 saturated carbocycles. The maximum Gasteiger partial charge on any atom is 0.252 e. The van der Waals surface area contributed by atoms with E-state index in [0.717, 1.165) is 100 Å². The topological polar surface area (TPSA) is 32.8 Å². The molecule has 4 nitrogen and oxygen atoms in total. The summed E-state index contributed by atoms with van der Waals surface area (Å²) in [4.78, 5) is 5.16. The normalized spacial score (nSPS) is 12.8. The maximum absolute atomic E-state index is 6.85. The van der Waals surface area contributed by atoms with Crippen LogP contribution < -0.4 is 26.2 Å². The van der Waals surface area contributed by atoms with Crippen molar-refractivity contribution in [2.24, 2.45) is 0 Å². The van der Waals surface area contributed by atoms with Crippen molar-refractivity contribution < 1.29 is 8.83 Å². The minimum Gasteiger partial charge on any atom is -0.456 e. The van der Waals surface area contributed by atoms with E-state index in [1.807, 2.05) is 0 Å². The maximum atomic E-state index is 6.85. The first-order valence-corrected chi connectivity index (χ1v) is 25.7. The summed E-state index contributed by atoms with van der Waals surface area (Å²) in [7, 11) is 0. The average Bonchev–Trinajstić information content (AvgIpc) is 4.02. The van der Waals surface area contributed by atoms with Crippen molar-refractivity contribution in [3.05, 3.63) is 248 Å². The van der Waals surface area contributed by atoms with Crippen LogP contribution in [0.3, 0.4) is 0 Å². The molecule has 0 saturated heterocycles. The predicted octanol–water partition coefficient (Wildman–Crippen LogP) is 17.4. The van der Waals surface area contributed by atoms with Gasteiger partial charge in [-0.25, -0.2) is 0 Å². The highest BCUT2D eigenvalue weighted by molar-refractivity contribution is 7.00. The Labute approximate surface area is 430 Å². The van der Waals surface area contributed by atoms with Crippen LogP contribution in [-0.4, -0.2) is 6.71 Å². The lowest BCUT2D eigenvalue weighted by atomic mass is 9.33. The quantitative estimate of drug-likeness (QED) is 0.149. The Balaban J connectivity index is 1.09. The molecule has 0 N–H and O–H groups in total. The summed E-state index contributed by atoms with van der Waals surface area (Å²) in [6.07, 6.45) is 0. The summed E-state index contributed by atoms with van der Waals surface area (Å²) < 4.78 is 13.7. The summed E-state index contributed by atoms with van der Waals surface area (Å²) in [5.74, 6) is 0.213. The van der Waals surface area contributed by atoms with Gasteiger partial charge in [-0.1, -0.05) is 184 Å². The lowest BCUT2D eigenvalue weighted by molar-refractivity contribution is 0.669. The van der Waals surface area contributed by atoms with Gasteiger partial charge < -0.3 is 18.6 Å². The molecule has 0 bridgehead atoms. The van der Waals surface area contributed by atoms with Crippen LogP contribution in [0.5, 0.6) is 0 Å². The number of furan rings is 2.